The van der Waals surface area contributed by atoms with E-state index in [1.807, 2.05) is 18.2 Å². The van der Waals surface area contributed by atoms with Crippen LogP contribution >= 0.6 is 0 Å². The summed E-state index contributed by atoms with van der Waals surface area (Å²) in [4.78, 5) is 32.9. The van der Waals surface area contributed by atoms with Crippen LogP contribution < -0.4 is 14.4 Å². The molecule has 1 aliphatic heterocycles. The molecular weight excluding hydrogens is 392 g/mol. The van der Waals surface area contributed by atoms with Gasteiger partial charge in [0.15, 0.2) is 11.5 Å². The predicted octanol–water partition coefficient (Wildman–Crippen LogP) is 4.62. The van der Waals surface area contributed by atoms with Crippen molar-refractivity contribution in [2.24, 2.45) is 10.9 Å². The van der Waals surface area contributed by atoms with Crippen LogP contribution in [-0.4, -0.2) is 38.3 Å². The van der Waals surface area contributed by atoms with Gasteiger partial charge in [0, 0.05) is 17.8 Å². The van der Waals surface area contributed by atoms with E-state index in [2.05, 4.69) is 6.92 Å². The highest BCUT2D eigenvalue weighted by atomic mass is 16.5. The number of benzene rings is 2. The van der Waals surface area contributed by atoms with E-state index in [0.717, 1.165) is 19.3 Å². The van der Waals surface area contributed by atoms with E-state index in [0.29, 0.717) is 34.2 Å². The molecule has 1 saturated carbocycles. The van der Waals surface area contributed by atoms with Gasteiger partial charge in [0.05, 0.1) is 31.9 Å². The van der Waals surface area contributed by atoms with Crippen LogP contribution in [0.4, 0.5) is 5.69 Å². The summed E-state index contributed by atoms with van der Waals surface area (Å²) in [6.07, 6.45) is 6.36. The number of hydrogen-bond acceptors (Lipinski definition) is 5. The Labute approximate surface area is 182 Å². The highest BCUT2D eigenvalue weighted by Gasteiger charge is 2.39. The number of aliphatic imine (C=N–C) groups is 1. The molecule has 2 aromatic rings. The molecule has 1 unspecified atom stereocenters. The summed E-state index contributed by atoms with van der Waals surface area (Å²) in [5, 5.41) is 0. The Morgan fingerprint density at radius 3 is 2.48 bits per heavy atom. The molecule has 0 saturated heterocycles. The second-order valence-corrected chi connectivity index (χ2v) is 8.21. The second kappa shape index (κ2) is 8.92. The molecule has 162 valence electrons. The number of imide groups is 1. The Morgan fingerprint density at radius 1 is 1.00 bits per heavy atom. The zero-order valence-corrected chi connectivity index (χ0v) is 18.2. The summed E-state index contributed by atoms with van der Waals surface area (Å²) < 4.78 is 10.7. The average molecular weight is 421 g/mol. The number of carbonyl (C=O) groups is 2. The lowest BCUT2D eigenvalue weighted by Crippen LogP contribution is -2.45. The van der Waals surface area contributed by atoms with Gasteiger partial charge in [-0.25, -0.2) is 4.90 Å². The minimum atomic E-state index is -0.601. The minimum absolute atomic E-state index is 0.223. The van der Waals surface area contributed by atoms with Crippen molar-refractivity contribution < 1.29 is 19.1 Å². The molecule has 0 N–H and O–H groups in total. The Balaban J connectivity index is 1.73. The van der Waals surface area contributed by atoms with Crippen LogP contribution in [0.15, 0.2) is 47.5 Å². The molecule has 1 fully saturated rings. The number of nitrogens with zero attached hydrogens (tertiary/aromatic N) is 2. The number of anilines is 1. The maximum absolute atomic E-state index is 13.5. The smallest absolute Gasteiger partial charge is 0.265 e. The number of ether oxygens (including phenoxy) is 2. The molecule has 31 heavy (non-hydrogen) atoms. The van der Waals surface area contributed by atoms with Gasteiger partial charge in [-0.15, -0.1) is 0 Å². The average Bonchev–Trinajstić information content (AvgIpc) is 2.80. The van der Waals surface area contributed by atoms with Crippen molar-refractivity contribution in [3.8, 4) is 11.5 Å². The SMILES string of the molecule is COc1ccc(N2C(=O)c3ccccc3C(C=N[C@H]3CCCC[C@H]3C)C2=O)cc1OC. The first kappa shape index (κ1) is 21.1. The van der Waals surface area contributed by atoms with Gasteiger partial charge in [-0.2, -0.15) is 0 Å². The first-order valence-electron chi connectivity index (χ1n) is 10.8. The number of methoxy groups -OCH3 is 2. The fourth-order valence-corrected chi connectivity index (χ4v) is 4.52. The lowest BCUT2D eigenvalue weighted by atomic mass is 9.85. The van der Waals surface area contributed by atoms with Crippen molar-refractivity contribution in [2.75, 3.05) is 19.1 Å². The van der Waals surface area contributed by atoms with E-state index < -0.39 is 5.92 Å². The molecule has 0 spiro atoms. The third kappa shape index (κ3) is 3.94. The topological polar surface area (TPSA) is 68.2 Å². The van der Waals surface area contributed by atoms with Gasteiger partial charge in [0.1, 0.15) is 0 Å². The van der Waals surface area contributed by atoms with Crippen molar-refractivity contribution in [1.82, 2.24) is 0 Å². The van der Waals surface area contributed by atoms with Gasteiger partial charge in [-0.3, -0.25) is 14.6 Å². The van der Waals surface area contributed by atoms with Gasteiger partial charge in [0.25, 0.3) is 5.91 Å². The maximum atomic E-state index is 13.5. The molecule has 0 radical (unpaired) electrons. The predicted molar refractivity (Wildman–Crippen MR) is 120 cm³/mol. The first-order chi connectivity index (χ1) is 15.0. The Bertz CT molecular complexity index is 1020. The standard InChI is InChI=1S/C25H28N2O4/c1-16-8-4-7-11-21(16)26-15-20-18-9-5-6-10-19(18)24(28)27(25(20)29)17-12-13-22(30-2)23(14-17)31-3/h5-6,9-10,12-16,20-21H,4,7-8,11H2,1-3H3/t16-,20?,21+/m1/s1. The zero-order valence-electron chi connectivity index (χ0n) is 18.2. The molecule has 2 aromatic carbocycles. The number of fused-ring (bicyclic) bond motifs is 1. The monoisotopic (exact) mass is 420 g/mol. The molecule has 4 rings (SSSR count). The van der Waals surface area contributed by atoms with Gasteiger partial charge >= 0.3 is 0 Å². The van der Waals surface area contributed by atoms with Crippen molar-refractivity contribution >= 4 is 23.7 Å². The number of amides is 2. The molecule has 2 amide bonds. The van der Waals surface area contributed by atoms with Crippen molar-refractivity contribution in [1.29, 1.82) is 0 Å². The molecule has 6 heteroatoms. The summed E-state index contributed by atoms with van der Waals surface area (Å²) in [5.41, 5.74) is 1.68. The lowest BCUT2D eigenvalue weighted by Gasteiger charge is -2.32. The van der Waals surface area contributed by atoms with E-state index in [9.17, 15) is 9.59 Å². The quantitative estimate of drug-likeness (QED) is 0.523. The van der Waals surface area contributed by atoms with Crippen LogP contribution in [0.5, 0.6) is 11.5 Å². The van der Waals surface area contributed by atoms with E-state index in [4.69, 9.17) is 14.5 Å². The van der Waals surface area contributed by atoms with Gasteiger partial charge in [-0.05, 0) is 42.5 Å². The minimum Gasteiger partial charge on any atom is -0.493 e. The molecule has 0 bridgehead atoms. The van der Waals surface area contributed by atoms with E-state index >= 15 is 0 Å². The zero-order chi connectivity index (χ0) is 22.0. The Kier molecular flexibility index (Phi) is 6.07. The van der Waals surface area contributed by atoms with Crippen LogP contribution in [0.2, 0.25) is 0 Å². The van der Waals surface area contributed by atoms with Crippen LogP contribution in [0.25, 0.3) is 0 Å². The van der Waals surface area contributed by atoms with Crippen LogP contribution in [0.3, 0.4) is 0 Å². The van der Waals surface area contributed by atoms with Crippen molar-refractivity contribution in [3.63, 3.8) is 0 Å². The van der Waals surface area contributed by atoms with Gasteiger partial charge < -0.3 is 9.47 Å². The third-order valence-electron chi connectivity index (χ3n) is 6.33. The summed E-state index contributed by atoms with van der Waals surface area (Å²) >= 11 is 0. The Hall–Kier alpha value is -3.15. The molecular formula is C25H28N2O4. The molecule has 6 nitrogen and oxygen atoms in total. The fourth-order valence-electron chi connectivity index (χ4n) is 4.52. The molecule has 3 atom stereocenters. The van der Waals surface area contributed by atoms with E-state index in [1.54, 1.807) is 37.6 Å². The van der Waals surface area contributed by atoms with Gasteiger partial charge in [0.2, 0.25) is 5.91 Å². The highest BCUT2D eigenvalue weighted by molar-refractivity contribution is 6.29. The third-order valence-corrected chi connectivity index (χ3v) is 6.33. The molecule has 1 aliphatic carbocycles. The summed E-state index contributed by atoms with van der Waals surface area (Å²) in [5.74, 6) is 0.249. The lowest BCUT2D eigenvalue weighted by molar-refractivity contribution is -0.118. The first-order valence-corrected chi connectivity index (χ1v) is 10.8. The molecule has 1 heterocycles. The summed E-state index contributed by atoms with van der Waals surface area (Å²) in [7, 11) is 3.07. The largest absolute Gasteiger partial charge is 0.493 e. The number of hydrogen-bond donors (Lipinski definition) is 0. The number of carbonyl (C=O) groups excluding carboxylic acids is 2. The van der Waals surface area contributed by atoms with Crippen molar-refractivity contribution in [2.45, 2.75) is 44.6 Å². The fraction of sp³-hybridized carbons (Fsp3) is 0.400. The van der Waals surface area contributed by atoms with E-state index in [-0.39, 0.29) is 17.9 Å². The van der Waals surface area contributed by atoms with Gasteiger partial charge in [-0.1, -0.05) is 38.0 Å². The highest BCUT2D eigenvalue weighted by Crippen LogP contribution is 2.37. The van der Waals surface area contributed by atoms with E-state index in [1.165, 1.54) is 18.4 Å². The normalized spacial score (nSPS) is 23.7. The second-order valence-electron chi connectivity index (χ2n) is 8.21. The molecule has 0 aromatic heterocycles. The Morgan fingerprint density at radius 2 is 1.74 bits per heavy atom. The summed E-state index contributed by atoms with van der Waals surface area (Å²) in [6, 6.07) is 12.6. The van der Waals surface area contributed by atoms with Crippen LogP contribution in [-0.2, 0) is 4.79 Å². The number of rotatable bonds is 5. The van der Waals surface area contributed by atoms with Crippen LogP contribution in [0.1, 0.15) is 54.4 Å². The maximum Gasteiger partial charge on any atom is 0.265 e. The summed E-state index contributed by atoms with van der Waals surface area (Å²) in [6.45, 7) is 2.22. The van der Waals surface area contributed by atoms with Crippen LogP contribution in [0, 0.1) is 5.92 Å². The molecule has 2 aliphatic rings. The van der Waals surface area contributed by atoms with Crippen molar-refractivity contribution in [3.05, 3.63) is 53.6 Å².